The van der Waals surface area contributed by atoms with Crippen LogP contribution in [0, 0.1) is 0 Å². The number of fused-ring (bicyclic) bond motifs is 1. The van der Waals surface area contributed by atoms with E-state index in [1.165, 1.54) is 27.5 Å². The number of alkyl halides is 6. The van der Waals surface area contributed by atoms with Crippen molar-refractivity contribution in [2.24, 2.45) is 0 Å². The molecule has 1 unspecified atom stereocenters. The number of carbonyl (C=O) groups excluding carboxylic acids is 1. The first-order valence-corrected chi connectivity index (χ1v) is 9.88. The molecule has 1 amide bonds. The SMILES string of the molecule is O=C(c1ccc(OCC(F)(F)F)nc1)N1CCCC(c2nnc3ccc(C(F)(F)F)cn23)C1. The minimum absolute atomic E-state index is 0.153. The zero-order chi connectivity index (χ0) is 23.8. The van der Waals surface area contributed by atoms with Crippen LogP contribution in [0.3, 0.4) is 0 Å². The standard InChI is InChI=1S/C20H17F6N5O2/c21-19(22,23)11-33-16-6-3-12(8-27-16)18(32)30-7-1-2-13(9-30)17-29-28-15-5-4-14(10-31(15)17)20(24,25)26/h3-6,8,10,13H,1-2,7,9,11H2. The molecular formula is C20H17F6N5O2. The number of likely N-dealkylation sites (tertiary alicyclic amines) is 1. The number of hydrogen-bond donors (Lipinski definition) is 0. The number of halogens is 6. The summed E-state index contributed by atoms with van der Waals surface area (Å²) in [6.45, 7) is -0.891. The van der Waals surface area contributed by atoms with Crippen LogP contribution in [0.4, 0.5) is 26.3 Å². The van der Waals surface area contributed by atoms with Crippen LogP contribution in [0.25, 0.3) is 5.65 Å². The van der Waals surface area contributed by atoms with Gasteiger partial charge in [-0.15, -0.1) is 10.2 Å². The maximum absolute atomic E-state index is 13.1. The smallest absolute Gasteiger partial charge is 0.422 e. The van der Waals surface area contributed by atoms with Crippen molar-refractivity contribution in [1.29, 1.82) is 0 Å². The van der Waals surface area contributed by atoms with Crippen molar-refractivity contribution in [2.75, 3.05) is 19.7 Å². The summed E-state index contributed by atoms with van der Waals surface area (Å²) < 4.78 is 81.9. The van der Waals surface area contributed by atoms with Gasteiger partial charge in [-0.2, -0.15) is 26.3 Å². The Hall–Kier alpha value is -3.38. The second kappa shape index (κ2) is 8.52. The largest absolute Gasteiger partial charge is 0.468 e. The van der Waals surface area contributed by atoms with E-state index in [0.29, 0.717) is 25.2 Å². The number of carbonyl (C=O) groups is 1. The van der Waals surface area contributed by atoms with Crippen molar-refractivity contribution in [3.8, 4) is 5.88 Å². The van der Waals surface area contributed by atoms with Crippen molar-refractivity contribution in [1.82, 2.24) is 24.5 Å². The molecular weight excluding hydrogens is 456 g/mol. The first-order chi connectivity index (χ1) is 15.5. The number of aromatic nitrogens is 4. The van der Waals surface area contributed by atoms with E-state index in [1.54, 1.807) is 0 Å². The predicted octanol–water partition coefficient (Wildman–Crippen LogP) is 4.10. The number of nitrogens with zero attached hydrogens (tertiary/aromatic N) is 5. The van der Waals surface area contributed by atoms with Gasteiger partial charge in [-0.1, -0.05) is 0 Å². The third-order valence-electron chi connectivity index (χ3n) is 5.20. The molecule has 3 aromatic rings. The summed E-state index contributed by atoms with van der Waals surface area (Å²) in [5.74, 6) is -0.693. The first kappa shape index (κ1) is 22.8. The molecule has 0 N–H and O–H groups in total. The maximum Gasteiger partial charge on any atom is 0.422 e. The molecule has 176 valence electrons. The molecule has 7 nitrogen and oxygen atoms in total. The molecule has 4 rings (SSSR count). The Morgan fingerprint density at radius 1 is 1.09 bits per heavy atom. The lowest BCUT2D eigenvalue weighted by atomic mass is 9.96. The predicted molar refractivity (Wildman–Crippen MR) is 102 cm³/mol. The van der Waals surface area contributed by atoms with Crippen LogP contribution in [-0.2, 0) is 6.18 Å². The second-order valence-corrected chi connectivity index (χ2v) is 7.58. The van der Waals surface area contributed by atoms with Gasteiger partial charge in [0, 0.05) is 37.5 Å². The molecule has 0 aliphatic carbocycles. The Bertz CT molecular complexity index is 1140. The van der Waals surface area contributed by atoms with Gasteiger partial charge in [0.05, 0.1) is 11.1 Å². The molecule has 3 aromatic heterocycles. The Labute approximate surface area is 183 Å². The zero-order valence-corrected chi connectivity index (χ0v) is 16.9. The van der Waals surface area contributed by atoms with E-state index >= 15 is 0 Å². The van der Waals surface area contributed by atoms with Crippen molar-refractivity contribution in [3.05, 3.63) is 53.6 Å². The molecule has 1 aliphatic rings. The highest BCUT2D eigenvalue weighted by Crippen LogP contribution is 2.31. The molecule has 0 spiro atoms. The van der Waals surface area contributed by atoms with Crippen LogP contribution in [-0.4, -0.2) is 56.3 Å². The second-order valence-electron chi connectivity index (χ2n) is 7.58. The van der Waals surface area contributed by atoms with E-state index in [4.69, 9.17) is 0 Å². The van der Waals surface area contributed by atoms with Crippen molar-refractivity contribution in [2.45, 2.75) is 31.1 Å². The molecule has 1 saturated heterocycles. The number of hydrogen-bond acceptors (Lipinski definition) is 5. The lowest BCUT2D eigenvalue weighted by Gasteiger charge is -2.32. The van der Waals surface area contributed by atoms with Crippen molar-refractivity contribution < 1.29 is 35.9 Å². The van der Waals surface area contributed by atoms with E-state index in [-0.39, 0.29) is 29.6 Å². The van der Waals surface area contributed by atoms with E-state index in [0.717, 1.165) is 18.5 Å². The Kier molecular flexibility index (Phi) is 5.89. The minimum atomic E-state index is -4.52. The van der Waals surface area contributed by atoms with E-state index in [2.05, 4.69) is 19.9 Å². The highest BCUT2D eigenvalue weighted by atomic mass is 19.4. The molecule has 4 heterocycles. The molecule has 0 radical (unpaired) electrons. The molecule has 1 fully saturated rings. The Morgan fingerprint density at radius 3 is 2.55 bits per heavy atom. The van der Waals surface area contributed by atoms with Crippen LogP contribution >= 0.6 is 0 Å². The van der Waals surface area contributed by atoms with Crippen molar-refractivity contribution >= 4 is 11.6 Å². The van der Waals surface area contributed by atoms with Gasteiger partial charge < -0.3 is 9.64 Å². The van der Waals surface area contributed by atoms with E-state index in [1.807, 2.05) is 0 Å². The molecule has 1 atom stereocenters. The summed E-state index contributed by atoms with van der Waals surface area (Å²) in [6, 6.07) is 4.65. The summed E-state index contributed by atoms with van der Waals surface area (Å²) >= 11 is 0. The number of ether oxygens (including phenoxy) is 1. The average molecular weight is 473 g/mol. The molecule has 0 aromatic carbocycles. The summed E-state index contributed by atoms with van der Waals surface area (Å²) in [5.41, 5.74) is -0.417. The summed E-state index contributed by atoms with van der Waals surface area (Å²) in [6.07, 6.45) is -5.78. The van der Waals surface area contributed by atoms with Gasteiger partial charge in [0.2, 0.25) is 5.88 Å². The number of amides is 1. The molecule has 13 heteroatoms. The van der Waals surface area contributed by atoms with Gasteiger partial charge in [-0.25, -0.2) is 4.98 Å². The van der Waals surface area contributed by atoms with Gasteiger partial charge in [0.1, 0.15) is 5.82 Å². The third-order valence-corrected chi connectivity index (χ3v) is 5.20. The van der Waals surface area contributed by atoms with Crippen LogP contribution in [0.1, 0.15) is 40.5 Å². The van der Waals surface area contributed by atoms with Crippen molar-refractivity contribution in [3.63, 3.8) is 0 Å². The van der Waals surface area contributed by atoms with Crippen LogP contribution in [0.5, 0.6) is 5.88 Å². The molecule has 0 bridgehead atoms. The fourth-order valence-corrected chi connectivity index (χ4v) is 3.66. The summed E-state index contributed by atoms with van der Waals surface area (Å²) in [4.78, 5) is 18.1. The van der Waals surface area contributed by atoms with Gasteiger partial charge in [-0.3, -0.25) is 9.20 Å². The third kappa shape index (κ3) is 5.17. The van der Waals surface area contributed by atoms with Crippen LogP contribution in [0.15, 0.2) is 36.7 Å². The fraction of sp³-hybridized carbons (Fsp3) is 0.400. The monoisotopic (exact) mass is 473 g/mol. The molecule has 1 aliphatic heterocycles. The van der Waals surface area contributed by atoms with Gasteiger partial charge in [0.15, 0.2) is 12.3 Å². The van der Waals surface area contributed by atoms with Gasteiger partial charge in [-0.05, 0) is 31.0 Å². The summed E-state index contributed by atoms with van der Waals surface area (Å²) in [5, 5.41) is 7.98. The lowest BCUT2D eigenvalue weighted by molar-refractivity contribution is -0.154. The minimum Gasteiger partial charge on any atom is -0.468 e. The number of pyridine rings is 2. The highest BCUT2D eigenvalue weighted by Gasteiger charge is 2.33. The van der Waals surface area contributed by atoms with Gasteiger partial charge >= 0.3 is 12.4 Å². The number of piperidine rings is 1. The molecule has 33 heavy (non-hydrogen) atoms. The lowest BCUT2D eigenvalue weighted by Crippen LogP contribution is -2.39. The topological polar surface area (TPSA) is 72.6 Å². The first-order valence-electron chi connectivity index (χ1n) is 9.88. The van der Waals surface area contributed by atoms with Gasteiger partial charge in [0.25, 0.3) is 5.91 Å². The average Bonchev–Trinajstić information content (AvgIpc) is 3.20. The maximum atomic E-state index is 13.1. The van der Waals surface area contributed by atoms with E-state index < -0.39 is 30.4 Å². The fourth-order valence-electron chi connectivity index (χ4n) is 3.66. The zero-order valence-electron chi connectivity index (χ0n) is 16.9. The van der Waals surface area contributed by atoms with E-state index in [9.17, 15) is 31.1 Å². The quantitative estimate of drug-likeness (QED) is 0.534. The normalized spacial score (nSPS) is 17.4. The number of rotatable bonds is 4. The summed E-state index contributed by atoms with van der Waals surface area (Å²) in [7, 11) is 0. The molecule has 0 saturated carbocycles. The van der Waals surface area contributed by atoms with Crippen LogP contribution in [0.2, 0.25) is 0 Å². The highest BCUT2D eigenvalue weighted by molar-refractivity contribution is 5.94. The Balaban J connectivity index is 1.49. The van der Waals surface area contributed by atoms with Crippen LogP contribution < -0.4 is 4.74 Å². The Morgan fingerprint density at radius 2 is 1.88 bits per heavy atom.